The molecule has 0 saturated heterocycles. The largest absolute Gasteiger partial charge is 0.444 e. The van der Waals surface area contributed by atoms with Crippen LogP contribution in [0.5, 0.6) is 0 Å². The maximum Gasteiger partial charge on any atom is 0.209 e. The first kappa shape index (κ1) is 9.22. The van der Waals surface area contributed by atoms with E-state index in [0.717, 1.165) is 37.0 Å². The Labute approximate surface area is 87.1 Å². The van der Waals surface area contributed by atoms with Crippen LogP contribution in [0.15, 0.2) is 4.42 Å². The summed E-state index contributed by atoms with van der Waals surface area (Å²) in [5.74, 6) is 1.04. The molecule has 0 fully saturated rings. The Kier molecular flexibility index (Phi) is 2.26. The number of aryl methyl sites for hydroxylation is 1. The van der Waals surface area contributed by atoms with Crippen molar-refractivity contribution in [2.75, 3.05) is 5.73 Å². The lowest BCUT2D eigenvalue weighted by Gasteiger charge is -2.15. The maximum atomic E-state index is 8.84. The summed E-state index contributed by atoms with van der Waals surface area (Å²) < 4.78 is 5.98. The van der Waals surface area contributed by atoms with Gasteiger partial charge in [0.25, 0.3) is 0 Å². The van der Waals surface area contributed by atoms with Crippen LogP contribution in [0.25, 0.3) is 0 Å². The highest BCUT2D eigenvalue weighted by Crippen LogP contribution is 2.27. The van der Waals surface area contributed by atoms with E-state index in [1.165, 1.54) is 0 Å². The molecular formula is C10H10N2OS. The number of nitrogens with zero attached hydrogens (tertiary/aromatic N) is 1. The summed E-state index contributed by atoms with van der Waals surface area (Å²) in [6.45, 7) is 0. The van der Waals surface area contributed by atoms with E-state index in [9.17, 15) is 0 Å². The minimum absolute atomic E-state index is 0.165. The van der Waals surface area contributed by atoms with Crippen LogP contribution in [-0.2, 0) is 12.8 Å². The summed E-state index contributed by atoms with van der Waals surface area (Å²) in [6, 6.07) is 1.99. The number of nitriles is 1. The fraction of sp³-hybridized carbons (Fsp3) is 0.400. The van der Waals surface area contributed by atoms with Gasteiger partial charge in [0.05, 0.1) is 4.51 Å². The number of hydrogen-bond acceptors (Lipinski definition) is 4. The molecule has 3 nitrogen and oxygen atoms in total. The predicted molar refractivity (Wildman–Crippen MR) is 55.3 cm³/mol. The molecule has 4 heteroatoms. The van der Waals surface area contributed by atoms with E-state index in [1.54, 1.807) is 0 Å². The van der Waals surface area contributed by atoms with Crippen LogP contribution < -0.4 is 5.73 Å². The van der Waals surface area contributed by atoms with E-state index >= 15 is 0 Å². The molecule has 0 atom stereocenters. The Morgan fingerprint density at radius 2 is 2.07 bits per heavy atom. The highest BCUT2D eigenvalue weighted by molar-refractivity contribution is 7.71. The number of anilines is 1. The highest BCUT2D eigenvalue weighted by atomic mass is 32.1. The van der Waals surface area contributed by atoms with Crippen molar-refractivity contribution in [3.8, 4) is 6.07 Å². The molecular weight excluding hydrogens is 196 g/mol. The van der Waals surface area contributed by atoms with E-state index in [0.29, 0.717) is 10.1 Å². The van der Waals surface area contributed by atoms with Gasteiger partial charge in [-0.05, 0) is 19.3 Å². The van der Waals surface area contributed by atoms with Gasteiger partial charge in [-0.3, -0.25) is 0 Å². The molecule has 1 aromatic heterocycles. The molecule has 72 valence electrons. The second kappa shape index (κ2) is 3.43. The molecule has 0 bridgehead atoms. The summed E-state index contributed by atoms with van der Waals surface area (Å²) in [4.78, 5) is 0. The molecule has 0 saturated carbocycles. The molecule has 0 spiro atoms. The number of rotatable bonds is 0. The minimum atomic E-state index is 0.165. The SMILES string of the molecule is N#Cc1c(N)oc2c(c1=S)CCCC2. The normalized spacial score (nSPS) is 14.5. The third-order valence-corrected chi connectivity index (χ3v) is 2.96. The van der Waals surface area contributed by atoms with E-state index in [1.807, 2.05) is 6.07 Å². The summed E-state index contributed by atoms with van der Waals surface area (Å²) in [5.41, 5.74) is 6.93. The van der Waals surface area contributed by atoms with Crippen molar-refractivity contribution in [2.24, 2.45) is 0 Å². The minimum Gasteiger partial charge on any atom is -0.444 e. The average Bonchev–Trinajstić information content (AvgIpc) is 2.18. The van der Waals surface area contributed by atoms with Crippen molar-refractivity contribution in [3.63, 3.8) is 0 Å². The molecule has 2 N–H and O–H groups in total. The van der Waals surface area contributed by atoms with Crippen molar-refractivity contribution in [1.29, 1.82) is 5.26 Å². The highest BCUT2D eigenvalue weighted by Gasteiger charge is 2.17. The van der Waals surface area contributed by atoms with Gasteiger partial charge in [-0.15, -0.1) is 0 Å². The molecule has 1 heterocycles. The molecule has 1 aliphatic rings. The molecule has 1 aliphatic carbocycles. The molecule has 14 heavy (non-hydrogen) atoms. The first-order valence-electron chi connectivity index (χ1n) is 4.58. The second-order valence-corrected chi connectivity index (χ2v) is 3.80. The second-order valence-electron chi connectivity index (χ2n) is 3.39. The van der Waals surface area contributed by atoms with Gasteiger partial charge in [-0.2, -0.15) is 5.26 Å². The average molecular weight is 206 g/mol. The van der Waals surface area contributed by atoms with Gasteiger partial charge < -0.3 is 10.2 Å². The van der Waals surface area contributed by atoms with Crippen molar-refractivity contribution >= 4 is 18.1 Å². The smallest absolute Gasteiger partial charge is 0.209 e. The molecule has 0 aliphatic heterocycles. The van der Waals surface area contributed by atoms with Crippen molar-refractivity contribution in [2.45, 2.75) is 25.7 Å². The summed E-state index contributed by atoms with van der Waals surface area (Å²) >= 11 is 5.20. The van der Waals surface area contributed by atoms with Gasteiger partial charge in [0.15, 0.2) is 0 Å². The zero-order valence-corrected chi connectivity index (χ0v) is 8.49. The van der Waals surface area contributed by atoms with Crippen LogP contribution in [0, 0.1) is 15.8 Å². The van der Waals surface area contributed by atoms with Gasteiger partial charge in [-0.1, -0.05) is 12.2 Å². The maximum absolute atomic E-state index is 8.84. The summed E-state index contributed by atoms with van der Waals surface area (Å²) in [5, 5.41) is 8.84. The van der Waals surface area contributed by atoms with E-state index in [2.05, 4.69) is 0 Å². The quantitative estimate of drug-likeness (QED) is 0.662. The van der Waals surface area contributed by atoms with Crippen LogP contribution >= 0.6 is 12.2 Å². The molecule has 0 amide bonds. The van der Waals surface area contributed by atoms with Gasteiger partial charge in [-0.25, -0.2) is 0 Å². The lowest BCUT2D eigenvalue weighted by Crippen LogP contribution is -2.06. The summed E-state index contributed by atoms with van der Waals surface area (Å²) in [7, 11) is 0. The van der Waals surface area contributed by atoms with E-state index in [4.69, 9.17) is 27.6 Å². The summed E-state index contributed by atoms with van der Waals surface area (Å²) in [6.07, 6.45) is 4.01. The van der Waals surface area contributed by atoms with Gasteiger partial charge in [0, 0.05) is 12.0 Å². The third kappa shape index (κ3) is 1.30. The lowest BCUT2D eigenvalue weighted by molar-refractivity contribution is 0.467. The first-order chi connectivity index (χ1) is 6.74. The first-order valence-corrected chi connectivity index (χ1v) is 4.99. The predicted octanol–water partition coefficient (Wildman–Crippen LogP) is 2.34. The van der Waals surface area contributed by atoms with Gasteiger partial charge >= 0.3 is 0 Å². The van der Waals surface area contributed by atoms with Crippen LogP contribution in [0.4, 0.5) is 5.88 Å². The Morgan fingerprint density at radius 3 is 2.79 bits per heavy atom. The standard InChI is InChI=1S/C10H10N2OS/c11-5-7-9(14)6-3-1-2-4-8(6)13-10(7)12/h1-4,12H2. The van der Waals surface area contributed by atoms with E-state index in [-0.39, 0.29) is 5.88 Å². The monoisotopic (exact) mass is 206 g/mol. The topological polar surface area (TPSA) is 63.0 Å². The van der Waals surface area contributed by atoms with Crippen molar-refractivity contribution in [1.82, 2.24) is 0 Å². The molecule has 0 unspecified atom stereocenters. The van der Waals surface area contributed by atoms with Crippen molar-refractivity contribution < 1.29 is 4.42 Å². The van der Waals surface area contributed by atoms with Crippen molar-refractivity contribution in [3.05, 3.63) is 21.4 Å². The molecule has 0 aromatic carbocycles. The number of hydrogen-bond donors (Lipinski definition) is 1. The van der Waals surface area contributed by atoms with Crippen LogP contribution in [-0.4, -0.2) is 0 Å². The van der Waals surface area contributed by atoms with Crippen LogP contribution in [0.1, 0.15) is 29.7 Å². The van der Waals surface area contributed by atoms with Gasteiger partial charge in [0.1, 0.15) is 17.4 Å². The Hall–Kier alpha value is -1.34. The Balaban J connectivity index is 2.72. The lowest BCUT2D eigenvalue weighted by atomic mass is 9.96. The Bertz CT molecular complexity index is 470. The molecule has 2 rings (SSSR count). The fourth-order valence-corrected chi connectivity index (χ4v) is 2.14. The number of nitrogens with two attached hydrogens (primary N) is 1. The fourth-order valence-electron chi connectivity index (χ4n) is 1.78. The van der Waals surface area contributed by atoms with Crippen LogP contribution in [0.3, 0.4) is 0 Å². The zero-order chi connectivity index (χ0) is 10.1. The molecule has 1 aromatic rings. The number of nitrogen functional groups attached to an aromatic ring is 1. The zero-order valence-electron chi connectivity index (χ0n) is 7.67. The number of fused-ring (bicyclic) bond motifs is 1. The Morgan fingerprint density at radius 1 is 1.36 bits per heavy atom. The molecule has 0 radical (unpaired) electrons. The van der Waals surface area contributed by atoms with Crippen LogP contribution in [0.2, 0.25) is 0 Å². The van der Waals surface area contributed by atoms with E-state index < -0.39 is 0 Å². The third-order valence-electron chi connectivity index (χ3n) is 2.51. The van der Waals surface area contributed by atoms with Gasteiger partial charge in [0.2, 0.25) is 5.88 Å².